The molecule has 0 saturated carbocycles. The van der Waals surface area contributed by atoms with Gasteiger partial charge in [0.05, 0.1) is 6.61 Å². The first-order valence-electron chi connectivity index (χ1n) is 6.08. The summed E-state index contributed by atoms with van der Waals surface area (Å²) in [7, 11) is 1.94. The van der Waals surface area contributed by atoms with E-state index in [1.54, 1.807) is 12.1 Å². The lowest BCUT2D eigenvalue weighted by molar-refractivity contribution is 0.321. The topological polar surface area (TPSA) is 21.3 Å². The van der Waals surface area contributed by atoms with E-state index < -0.39 is 0 Å². The molecule has 1 aromatic carbocycles. The molecule has 0 aliphatic heterocycles. The average molecular weight is 239 g/mol. The molecule has 0 bridgehead atoms. The molecule has 0 amide bonds. The molecule has 1 rings (SSSR count). The molecule has 0 aromatic heterocycles. The zero-order valence-electron chi connectivity index (χ0n) is 11.1. The Kier molecular flexibility index (Phi) is 4.94. The van der Waals surface area contributed by atoms with Crippen LogP contribution >= 0.6 is 0 Å². The minimum atomic E-state index is -0.272. The molecular weight excluding hydrogens is 217 g/mol. The van der Waals surface area contributed by atoms with Crippen LogP contribution in [0.2, 0.25) is 0 Å². The fraction of sp³-hybridized carbons (Fsp3) is 0.571. The largest absolute Gasteiger partial charge is 0.491 e. The van der Waals surface area contributed by atoms with Crippen molar-refractivity contribution in [3.05, 3.63) is 29.6 Å². The number of aryl methyl sites for hydroxylation is 1. The van der Waals surface area contributed by atoms with E-state index in [0.717, 1.165) is 18.4 Å². The summed E-state index contributed by atoms with van der Waals surface area (Å²) in [5.74, 6) is 0.0655. The first kappa shape index (κ1) is 14.0. The highest BCUT2D eigenvalue weighted by Crippen LogP contribution is 2.20. The summed E-state index contributed by atoms with van der Waals surface area (Å²) in [4.78, 5) is 0. The smallest absolute Gasteiger partial charge is 0.165 e. The van der Waals surface area contributed by atoms with Gasteiger partial charge in [0.2, 0.25) is 0 Å². The van der Waals surface area contributed by atoms with Crippen molar-refractivity contribution in [1.82, 2.24) is 5.32 Å². The monoisotopic (exact) mass is 239 g/mol. The van der Waals surface area contributed by atoms with Crippen LogP contribution in [0.15, 0.2) is 18.2 Å². The molecule has 0 aliphatic rings. The van der Waals surface area contributed by atoms with Gasteiger partial charge >= 0.3 is 0 Å². The Morgan fingerprint density at radius 3 is 2.59 bits per heavy atom. The van der Waals surface area contributed by atoms with E-state index in [4.69, 9.17) is 4.74 Å². The number of halogens is 1. The van der Waals surface area contributed by atoms with Crippen LogP contribution in [0.25, 0.3) is 0 Å². The minimum absolute atomic E-state index is 0.0784. The predicted molar refractivity (Wildman–Crippen MR) is 69.0 cm³/mol. The van der Waals surface area contributed by atoms with Crippen LogP contribution in [0.5, 0.6) is 5.75 Å². The van der Waals surface area contributed by atoms with E-state index in [9.17, 15) is 4.39 Å². The van der Waals surface area contributed by atoms with Gasteiger partial charge < -0.3 is 10.1 Å². The van der Waals surface area contributed by atoms with Crippen molar-refractivity contribution in [1.29, 1.82) is 0 Å². The van der Waals surface area contributed by atoms with Crippen LogP contribution in [-0.4, -0.2) is 19.2 Å². The Bertz CT molecular complexity index is 363. The van der Waals surface area contributed by atoms with Gasteiger partial charge in [0.25, 0.3) is 0 Å². The molecule has 0 unspecified atom stereocenters. The van der Waals surface area contributed by atoms with Gasteiger partial charge in [-0.25, -0.2) is 4.39 Å². The number of nitrogens with one attached hydrogen (secondary N) is 1. The first-order valence-corrected chi connectivity index (χ1v) is 6.08. The third kappa shape index (κ3) is 4.35. The molecule has 0 fully saturated rings. The van der Waals surface area contributed by atoms with Crippen LogP contribution < -0.4 is 10.1 Å². The Labute approximate surface area is 103 Å². The van der Waals surface area contributed by atoms with Crippen molar-refractivity contribution in [2.24, 2.45) is 0 Å². The zero-order valence-corrected chi connectivity index (χ0v) is 11.1. The number of hydrogen-bond acceptors (Lipinski definition) is 2. The van der Waals surface area contributed by atoms with Crippen LogP contribution in [-0.2, 0) is 6.42 Å². The van der Waals surface area contributed by atoms with Crippen molar-refractivity contribution >= 4 is 0 Å². The van der Waals surface area contributed by atoms with E-state index in [-0.39, 0.29) is 11.4 Å². The van der Waals surface area contributed by atoms with Crippen molar-refractivity contribution in [3.8, 4) is 5.75 Å². The summed E-state index contributed by atoms with van der Waals surface area (Å²) in [6, 6.07) is 5.21. The second-order valence-electron chi connectivity index (χ2n) is 4.83. The highest BCUT2D eigenvalue weighted by atomic mass is 19.1. The Balaban J connectivity index is 2.64. The molecule has 0 atom stereocenters. The summed E-state index contributed by atoms with van der Waals surface area (Å²) >= 11 is 0. The summed E-state index contributed by atoms with van der Waals surface area (Å²) in [6.45, 7) is 6.61. The lowest BCUT2D eigenvalue weighted by Crippen LogP contribution is -2.36. The van der Waals surface area contributed by atoms with Gasteiger partial charge in [0.15, 0.2) is 11.6 Å². The van der Waals surface area contributed by atoms with Gasteiger partial charge in [-0.2, -0.15) is 0 Å². The molecule has 3 heteroatoms. The Morgan fingerprint density at radius 1 is 1.35 bits per heavy atom. The van der Waals surface area contributed by atoms with Crippen LogP contribution in [0.4, 0.5) is 4.39 Å². The van der Waals surface area contributed by atoms with E-state index in [2.05, 4.69) is 19.2 Å². The average Bonchev–Trinajstić information content (AvgIpc) is 2.30. The normalized spacial score (nSPS) is 11.6. The Morgan fingerprint density at radius 2 is 2.06 bits per heavy atom. The standard InChI is InChI=1S/C14H22FNO/c1-5-17-13-7-6-11(10-12(13)15)8-9-14(2,3)16-4/h6-7,10,16H,5,8-9H2,1-4H3. The SMILES string of the molecule is CCOc1ccc(CCC(C)(C)NC)cc1F. The molecule has 96 valence electrons. The molecule has 0 aliphatic carbocycles. The third-order valence-corrected chi connectivity index (χ3v) is 3.01. The predicted octanol–water partition coefficient (Wildman–Crippen LogP) is 3.16. The van der Waals surface area contributed by atoms with Gasteiger partial charge in [0.1, 0.15) is 0 Å². The molecule has 0 heterocycles. The molecule has 0 spiro atoms. The molecule has 1 aromatic rings. The zero-order chi connectivity index (χ0) is 12.9. The molecular formula is C14H22FNO. The number of ether oxygens (including phenoxy) is 1. The van der Waals surface area contributed by atoms with Crippen molar-refractivity contribution in [2.75, 3.05) is 13.7 Å². The van der Waals surface area contributed by atoms with Crippen LogP contribution in [0.3, 0.4) is 0 Å². The fourth-order valence-corrected chi connectivity index (χ4v) is 1.55. The number of rotatable bonds is 6. The quantitative estimate of drug-likeness (QED) is 0.823. The molecule has 1 N–H and O–H groups in total. The van der Waals surface area contributed by atoms with Gasteiger partial charge in [-0.3, -0.25) is 0 Å². The maximum absolute atomic E-state index is 13.6. The minimum Gasteiger partial charge on any atom is -0.491 e. The van der Waals surface area contributed by atoms with E-state index in [1.807, 2.05) is 20.0 Å². The van der Waals surface area contributed by atoms with E-state index in [0.29, 0.717) is 12.4 Å². The second kappa shape index (κ2) is 6.01. The molecule has 17 heavy (non-hydrogen) atoms. The van der Waals surface area contributed by atoms with Crippen molar-refractivity contribution in [2.45, 2.75) is 39.2 Å². The van der Waals surface area contributed by atoms with Crippen LogP contribution in [0, 0.1) is 5.82 Å². The highest BCUT2D eigenvalue weighted by molar-refractivity contribution is 5.29. The molecule has 0 saturated heterocycles. The summed E-state index contributed by atoms with van der Waals surface area (Å²) in [5.41, 5.74) is 1.09. The Hall–Kier alpha value is -1.09. The van der Waals surface area contributed by atoms with E-state index in [1.165, 1.54) is 0 Å². The molecule has 0 radical (unpaired) electrons. The lowest BCUT2D eigenvalue weighted by atomic mass is 9.95. The van der Waals surface area contributed by atoms with Gasteiger partial charge in [-0.05, 0) is 58.4 Å². The fourth-order valence-electron chi connectivity index (χ4n) is 1.55. The lowest BCUT2D eigenvalue weighted by Gasteiger charge is -2.23. The first-order chi connectivity index (χ1) is 7.98. The summed E-state index contributed by atoms with van der Waals surface area (Å²) < 4.78 is 18.8. The van der Waals surface area contributed by atoms with E-state index >= 15 is 0 Å². The highest BCUT2D eigenvalue weighted by Gasteiger charge is 2.14. The third-order valence-electron chi connectivity index (χ3n) is 3.01. The van der Waals surface area contributed by atoms with Crippen molar-refractivity contribution in [3.63, 3.8) is 0 Å². The van der Waals surface area contributed by atoms with Crippen molar-refractivity contribution < 1.29 is 9.13 Å². The van der Waals surface area contributed by atoms with Gasteiger partial charge in [0, 0.05) is 5.54 Å². The maximum atomic E-state index is 13.6. The summed E-state index contributed by atoms with van der Waals surface area (Å²) in [5, 5.41) is 3.24. The van der Waals surface area contributed by atoms with Crippen LogP contribution in [0.1, 0.15) is 32.8 Å². The number of benzene rings is 1. The van der Waals surface area contributed by atoms with Gasteiger partial charge in [-0.1, -0.05) is 6.07 Å². The maximum Gasteiger partial charge on any atom is 0.165 e. The number of hydrogen-bond donors (Lipinski definition) is 1. The second-order valence-corrected chi connectivity index (χ2v) is 4.83. The summed E-state index contributed by atoms with van der Waals surface area (Å²) in [6.07, 6.45) is 1.83. The molecule has 2 nitrogen and oxygen atoms in total. The van der Waals surface area contributed by atoms with Gasteiger partial charge in [-0.15, -0.1) is 0 Å².